The van der Waals surface area contributed by atoms with Gasteiger partial charge in [-0.3, -0.25) is 10.1 Å². The molecule has 0 aromatic heterocycles. The molecule has 0 bridgehead atoms. The quantitative estimate of drug-likeness (QED) is 0.269. The molecule has 0 saturated heterocycles. The molecule has 3 rings (SSSR count). The topological polar surface area (TPSA) is 105 Å². The van der Waals surface area contributed by atoms with Crippen LogP contribution in [0.1, 0.15) is 24.0 Å². The second-order valence-electron chi connectivity index (χ2n) is 8.11. The predicted molar refractivity (Wildman–Crippen MR) is 135 cm³/mol. The summed E-state index contributed by atoms with van der Waals surface area (Å²) in [6.45, 7) is 2.25. The highest BCUT2D eigenvalue weighted by Crippen LogP contribution is 2.40. The van der Waals surface area contributed by atoms with Crippen LogP contribution in [-0.4, -0.2) is 46.2 Å². The molecule has 0 radical (unpaired) electrons. The summed E-state index contributed by atoms with van der Waals surface area (Å²) in [4.78, 5) is 11.8. The third-order valence-corrected chi connectivity index (χ3v) is 6.64. The second-order valence-corrected chi connectivity index (χ2v) is 10.3. The van der Waals surface area contributed by atoms with E-state index in [-0.39, 0.29) is 17.9 Å². The molecule has 9 heteroatoms. The van der Waals surface area contributed by atoms with Crippen molar-refractivity contribution in [2.75, 3.05) is 32.8 Å². The number of sulfone groups is 1. The van der Waals surface area contributed by atoms with Gasteiger partial charge < -0.3 is 14.2 Å². The zero-order valence-corrected chi connectivity index (χ0v) is 21.0. The molecule has 0 heterocycles. The molecule has 0 aliphatic carbocycles. The fourth-order valence-corrected chi connectivity index (χ4v) is 5.22. The van der Waals surface area contributed by atoms with Crippen LogP contribution >= 0.6 is 0 Å². The van der Waals surface area contributed by atoms with Crippen molar-refractivity contribution in [3.8, 4) is 28.4 Å². The molecule has 3 aromatic rings. The molecule has 0 amide bonds. The van der Waals surface area contributed by atoms with Gasteiger partial charge in [0.25, 0.3) is 5.69 Å². The van der Waals surface area contributed by atoms with E-state index in [4.69, 9.17) is 14.2 Å². The lowest BCUT2D eigenvalue weighted by atomic mass is 9.90. The monoisotopic (exact) mass is 499 g/mol. The number of para-hydroxylation sites is 2. The number of hydrogen-bond acceptors (Lipinski definition) is 7. The van der Waals surface area contributed by atoms with Crippen LogP contribution < -0.4 is 14.2 Å². The van der Waals surface area contributed by atoms with Gasteiger partial charge in [-0.25, -0.2) is 8.42 Å². The number of nitro benzene ring substituents is 1. The summed E-state index contributed by atoms with van der Waals surface area (Å²) in [6.07, 6.45) is 1.30. The van der Waals surface area contributed by atoms with Crippen molar-refractivity contribution < 1.29 is 27.6 Å². The minimum Gasteiger partial charge on any atom is -0.496 e. The third kappa shape index (κ3) is 6.30. The van der Waals surface area contributed by atoms with E-state index in [1.807, 2.05) is 6.92 Å². The van der Waals surface area contributed by atoms with E-state index >= 15 is 0 Å². The number of benzene rings is 3. The highest BCUT2D eigenvalue weighted by Gasteiger charge is 2.27. The molecule has 35 heavy (non-hydrogen) atoms. The summed E-state index contributed by atoms with van der Waals surface area (Å²) in [6, 6.07) is 17.4. The summed E-state index contributed by atoms with van der Waals surface area (Å²) in [5.74, 6) is 0.806. The lowest BCUT2D eigenvalue weighted by Gasteiger charge is -2.20. The number of ether oxygens (including phenoxy) is 3. The Morgan fingerprint density at radius 2 is 1.60 bits per heavy atom. The Morgan fingerprint density at radius 1 is 0.914 bits per heavy atom. The lowest BCUT2D eigenvalue weighted by Crippen LogP contribution is -2.17. The second kappa shape index (κ2) is 11.2. The minimum atomic E-state index is -3.40. The standard InChI is InChI=1S/C26H29NO7S/c1-5-34-25-16-18(13-14-24(25)33-3)20(17-35(4,30)31)15-19-9-8-11-22(26(19)27(28)29)21-10-6-7-12-23(21)32-2/h6-14,16,20H,5,15,17H2,1-4H3/t20-/m1/s1. The van der Waals surface area contributed by atoms with Crippen LogP contribution in [0.25, 0.3) is 11.1 Å². The molecular formula is C26H29NO7S. The summed E-state index contributed by atoms with van der Waals surface area (Å²) in [5, 5.41) is 12.3. The number of nitro groups is 1. The zero-order chi connectivity index (χ0) is 25.6. The van der Waals surface area contributed by atoms with Crippen LogP contribution in [0, 0.1) is 10.1 Å². The van der Waals surface area contributed by atoms with E-state index in [2.05, 4.69) is 0 Å². The molecule has 0 unspecified atom stereocenters. The highest BCUT2D eigenvalue weighted by molar-refractivity contribution is 7.90. The smallest absolute Gasteiger partial charge is 0.280 e. The summed E-state index contributed by atoms with van der Waals surface area (Å²) < 4.78 is 41.1. The first-order chi connectivity index (χ1) is 16.7. The average Bonchev–Trinajstić information content (AvgIpc) is 2.82. The molecule has 186 valence electrons. The van der Waals surface area contributed by atoms with E-state index in [9.17, 15) is 18.5 Å². The highest BCUT2D eigenvalue weighted by atomic mass is 32.2. The van der Waals surface area contributed by atoms with Gasteiger partial charge in [0.1, 0.15) is 15.6 Å². The van der Waals surface area contributed by atoms with Crippen molar-refractivity contribution in [3.63, 3.8) is 0 Å². The SMILES string of the molecule is CCOc1cc([C@H](Cc2cccc(-c3ccccc3OC)c2[N+](=O)[O-])CS(C)(=O)=O)ccc1OC. The Labute approximate surface area is 205 Å². The van der Waals surface area contributed by atoms with Gasteiger partial charge in [0.05, 0.1) is 37.1 Å². The maximum absolute atomic E-state index is 12.3. The molecule has 0 aliphatic rings. The molecule has 0 saturated carbocycles. The molecule has 0 N–H and O–H groups in total. The van der Waals surface area contributed by atoms with Crippen LogP contribution in [0.5, 0.6) is 17.2 Å². The summed E-state index contributed by atoms with van der Waals surface area (Å²) >= 11 is 0. The van der Waals surface area contributed by atoms with E-state index in [0.29, 0.717) is 46.1 Å². The van der Waals surface area contributed by atoms with Gasteiger partial charge in [-0.2, -0.15) is 0 Å². The third-order valence-electron chi connectivity index (χ3n) is 5.63. The first-order valence-electron chi connectivity index (χ1n) is 11.1. The fraction of sp³-hybridized carbons (Fsp3) is 0.308. The Balaban J connectivity index is 2.14. The van der Waals surface area contributed by atoms with Gasteiger partial charge >= 0.3 is 0 Å². The van der Waals surface area contributed by atoms with Crippen molar-refractivity contribution >= 4 is 15.5 Å². The van der Waals surface area contributed by atoms with Gasteiger partial charge in [-0.15, -0.1) is 0 Å². The Hall–Kier alpha value is -3.59. The van der Waals surface area contributed by atoms with Gasteiger partial charge in [-0.05, 0) is 43.2 Å². The van der Waals surface area contributed by atoms with Crippen LogP contribution in [0.15, 0.2) is 60.7 Å². The molecular weight excluding hydrogens is 470 g/mol. The van der Waals surface area contributed by atoms with Crippen LogP contribution in [0.4, 0.5) is 5.69 Å². The zero-order valence-electron chi connectivity index (χ0n) is 20.2. The maximum Gasteiger partial charge on any atom is 0.280 e. The summed E-state index contributed by atoms with van der Waals surface area (Å²) in [7, 11) is -0.364. The van der Waals surface area contributed by atoms with E-state index in [1.165, 1.54) is 14.2 Å². The maximum atomic E-state index is 12.3. The molecule has 3 aromatic carbocycles. The first kappa shape index (κ1) is 26.0. The summed E-state index contributed by atoms with van der Waals surface area (Å²) in [5.41, 5.74) is 2.05. The lowest BCUT2D eigenvalue weighted by molar-refractivity contribution is -0.384. The Kier molecular flexibility index (Phi) is 8.34. The Morgan fingerprint density at radius 3 is 2.23 bits per heavy atom. The number of methoxy groups -OCH3 is 2. The van der Waals surface area contributed by atoms with Crippen LogP contribution in [-0.2, 0) is 16.3 Å². The normalized spacial score (nSPS) is 12.1. The van der Waals surface area contributed by atoms with Crippen molar-refractivity contribution in [1.29, 1.82) is 0 Å². The van der Waals surface area contributed by atoms with Gasteiger partial charge in [0, 0.05) is 23.3 Å². The van der Waals surface area contributed by atoms with Crippen molar-refractivity contribution in [3.05, 3.63) is 81.9 Å². The minimum absolute atomic E-state index is 0.0750. The molecule has 1 atom stereocenters. The number of rotatable bonds is 11. The van der Waals surface area contributed by atoms with Gasteiger partial charge in [-0.1, -0.05) is 36.4 Å². The van der Waals surface area contributed by atoms with E-state index < -0.39 is 20.7 Å². The average molecular weight is 500 g/mol. The van der Waals surface area contributed by atoms with Crippen molar-refractivity contribution in [1.82, 2.24) is 0 Å². The Bertz CT molecular complexity index is 1300. The van der Waals surface area contributed by atoms with Gasteiger partial charge in [0.15, 0.2) is 11.5 Å². The fourth-order valence-electron chi connectivity index (χ4n) is 4.18. The first-order valence-corrected chi connectivity index (χ1v) is 13.1. The predicted octanol–water partition coefficient (Wildman–Crippen LogP) is 5.05. The van der Waals surface area contributed by atoms with Crippen LogP contribution in [0.3, 0.4) is 0 Å². The van der Waals surface area contributed by atoms with E-state index in [0.717, 1.165) is 6.26 Å². The van der Waals surface area contributed by atoms with Crippen molar-refractivity contribution in [2.45, 2.75) is 19.3 Å². The number of nitrogens with zero attached hydrogens (tertiary/aromatic N) is 1. The molecule has 0 fully saturated rings. The van der Waals surface area contributed by atoms with Gasteiger partial charge in [0.2, 0.25) is 0 Å². The van der Waals surface area contributed by atoms with E-state index in [1.54, 1.807) is 60.7 Å². The van der Waals surface area contributed by atoms with Crippen molar-refractivity contribution in [2.24, 2.45) is 0 Å². The molecule has 8 nitrogen and oxygen atoms in total. The van der Waals surface area contributed by atoms with Crippen LogP contribution in [0.2, 0.25) is 0 Å². The number of hydrogen-bond donors (Lipinski definition) is 0. The molecule has 0 spiro atoms. The largest absolute Gasteiger partial charge is 0.496 e. The molecule has 0 aliphatic heterocycles.